The van der Waals surface area contributed by atoms with E-state index < -0.39 is 0 Å². The number of hydrogen-bond donors (Lipinski definition) is 1. The molecular formula is C16H25ClN2O2. The van der Waals surface area contributed by atoms with Gasteiger partial charge in [0.15, 0.2) is 6.61 Å². The molecule has 5 heteroatoms. The van der Waals surface area contributed by atoms with Crippen molar-refractivity contribution in [1.82, 2.24) is 10.2 Å². The minimum Gasteiger partial charge on any atom is -0.482 e. The third-order valence-electron chi connectivity index (χ3n) is 3.30. The molecule has 1 aromatic carbocycles. The minimum atomic E-state index is -0.0580. The van der Waals surface area contributed by atoms with Crippen LogP contribution in [0.3, 0.4) is 0 Å². The summed E-state index contributed by atoms with van der Waals surface area (Å²) in [5.41, 5.74) is 0.968. The van der Waals surface area contributed by atoms with Crippen molar-refractivity contribution in [2.75, 3.05) is 20.2 Å². The van der Waals surface area contributed by atoms with Gasteiger partial charge in [0.05, 0.1) is 5.02 Å². The second kappa shape index (κ2) is 8.90. The number of para-hydroxylation sites is 1. The van der Waals surface area contributed by atoms with E-state index in [-0.39, 0.29) is 18.6 Å². The number of rotatable bonds is 8. The fraction of sp³-hybridized carbons (Fsp3) is 0.562. The molecule has 0 saturated heterocycles. The largest absolute Gasteiger partial charge is 0.482 e. The monoisotopic (exact) mass is 312 g/mol. The van der Waals surface area contributed by atoms with Crippen LogP contribution in [-0.4, -0.2) is 37.0 Å². The summed E-state index contributed by atoms with van der Waals surface area (Å²) < 4.78 is 5.67. The summed E-state index contributed by atoms with van der Waals surface area (Å²) in [7, 11) is 1.77. The second-order valence-electron chi connectivity index (χ2n) is 5.29. The first-order valence-electron chi connectivity index (χ1n) is 7.33. The topological polar surface area (TPSA) is 41.6 Å². The maximum Gasteiger partial charge on any atom is 0.260 e. The van der Waals surface area contributed by atoms with Gasteiger partial charge in [0, 0.05) is 25.2 Å². The molecule has 0 saturated carbocycles. The van der Waals surface area contributed by atoms with Gasteiger partial charge in [0.1, 0.15) is 5.75 Å². The fourth-order valence-electron chi connectivity index (χ4n) is 1.78. The number of carbonyl (C=O) groups is 1. The molecular weight excluding hydrogens is 288 g/mol. The summed E-state index contributed by atoms with van der Waals surface area (Å²) in [6, 6.07) is 5.77. The van der Waals surface area contributed by atoms with Crippen molar-refractivity contribution in [2.24, 2.45) is 0 Å². The van der Waals surface area contributed by atoms with Crippen LogP contribution < -0.4 is 10.1 Å². The van der Waals surface area contributed by atoms with Crippen LogP contribution in [0.2, 0.25) is 5.02 Å². The Morgan fingerprint density at radius 3 is 2.76 bits per heavy atom. The Bertz CT molecular complexity index is 464. The zero-order valence-corrected chi connectivity index (χ0v) is 14.0. The summed E-state index contributed by atoms with van der Waals surface area (Å²) in [5.74, 6) is 0.533. The molecule has 0 fully saturated rings. The number of hydrogen-bond acceptors (Lipinski definition) is 3. The predicted octanol–water partition coefficient (Wildman–Crippen LogP) is 3.09. The fourth-order valence-corrected chi connectivity index (χ4v) is 2.03. The lowest BCUT2D eigenvalue weighted by molar-refractivity contribution is -0.133. The summed E-state index contributed by atoms with van der Waals surface area (Å²) in [5, 5.41) is 3.85. The van der Waals surface area contributed by atoms with Gasteiger partial charge in [0.2, 0.25) is 0 Å². The van der Waals surface area contributed by atoms with Crippen molar-refractivity contribution in [2.45, 2.75) is 39.8 Å². The zero-order valence-electron chi connectivity index (χ0n) is 13.3. The van der Waals surface area contributed by atoms with Crippen molar-refractivity contribution >= 4 is 17.5 Å². The van der Waals surface area contributed by atoms with E-state index in [0.717, 1.165) is 18.5 Å². The molecule has 0 radical (unpaired) electrons. The van der Waals surface area contributed by atoms with Crippen LogP contribution in [0.1, 0.15) is 32.8 Å². The highest BCUT2D eigenvalue weighted by molar-refractivity contribution is 6.32. The molecule has 0 bridgehead atoms. The van der Waals surface area contributed by atoms with Crippen molar-refractivity contribution in [1.29, 1.82) is 0 Å². The van der Waals surface area contributed by atoms with Gasteiger partial charge in [-0.05, 0) is 32.9 Å². The Kier molecular flexibility index (Phi) is 7.54. The number of ether oxygens (including phenoxy) is 1. The average Bonchev–Trinajstić information content (AvgIpc) is 2.45. The number of likely N-dealkylation sites (N-methyl/N-ethyl adjacent to an activating group) is 1. The molecule has 0 spiro atoms. The predicted molar refractivity (Wildman–Crippen MR) is 86.9 cm³/mol. The van der Waals surface area contributed by atoms with Crippen molar-refractivity contribution in [3.05, 3.63) is 28.8 Å². The number of nitrogens with zero attached hydrogens (tertiary/aromatic N) is 1. The zero-order chi connectivity index (χ0) is 15.8. The number of carbonyl (C=O) groups excluding carboxylic acids is 1. The molecule has 0 aliphatic carbocycles. The number of nitrogens with one attached hydrogen (secondary N) is 1. The molecule has 0 aliphatic rings. The van der Waals surface area contributed by atoms with Gasteiger partial charge >= 0.3 is 0 Å². The molecule has 1 N–H and O–H groups in total. The van der Waals surface area contributed by atoms with Gasteiger partial charge in [0.25, 0.3) is 5.91 Å². The van der Waals surface area contributed by atoms with E-state index in [0.29, 0.717) is 17.3 Å². The van der Waals surface area contributed by atoms with Crippen LogP contribution in [0.4, 0.5) is 0 Å². The number of benzene rings is 1. The van der Waals surface area contributed by atoms with Crippen LogP contribution in [0.15, 0.2) is 18.2 Å². The van der Waals surface area contributed by atoms with Crippen molar-refractivity contribution < 1.29 is 9.53 Å². The first-order valence-corrected chi connectivity index (χ1v) is 7.71. The number of halogens is 1. The average molecular weight is 313 g/mol. The molecule has 0 heterocycles. The quantitative estimate of drug-likeness (QED) is 0.750. The van der Waals surface area contributed by atoms with Crippen LogP contribution in [0.25, 0.3) is 0 Å². The smallest absolute Gasteiger partial charge is 0.260 e. The highest BCUT2D eigenvalue weighted by atomic mass is 35.5. The van der Waals surface area contributed by atoms with E-state index in [1.54, 1.807) is 18.0 Å². The molecule has 21 heavy (non-hydrogen) atoms. The van der Waals surface area contributed by atoms with Gasteiger partial charge < -0.3 is 15.0 Å². The Balaban J connectivity index is 2.71. The SMILES string of the molecule is CCCNCc1cccc(Cl)c1OCC(=O)N(C)C(C)C. The highest BCUT2D eigenvalue weighted by Crippen LogP contribution is 2.28. The lowest BCUT2D eigenvalue weighted by Gasteiger charge is -2.22. The Hall–Kier alpha value is -1.26. The normalized spacial score (nSPS) is 10.8. The van der Waals surface area contributed by atoms with Crippen LogP contribution >= 0.6 is 11.6 Å². The minimum absolute atomic E-state index is 0.000802. The Morgan fingerprint density at radius 2 is 2.14 bits per heavy atom. The first kappa shape index (κ1) is 17.8. The van der Waals surface area contributed by atoms with Gasteiger partial charge in [-0.2, -0.15) is 0 Å². The van der Waals surface area contributed by atoms with Crippen LogP contribution in [-0.2, 0) is 11.3 Å². The summed E-state index contributed by atoms with van der Waals surface area (Å²) in [6.07, 6.45) is 1.06. The van der Waals surface area contributed by atoms with Crippen LogP contribution in [0, 0.1) is 0 Å². The maximum atomic E-state index is 12.0. The summed E-state index contributed by atoms with van der Waals surface area (Å²) in [4.78, 5) is 13.6. The highest BCUT2D eigenvalue weighted by Gasteiger charge is 2.15. The maximum absolute atomic E-state index is 12.0. The lowest BCUT2D eigenvalue weighted by Crippen LogP contribution is -2.36. The number of amides is 1. The van der Waals surface area contributed by atoms with Crippen LogP contribution in [0.5, 0.6) is 5.75 Å². The molecule has 0 aromatic heterocycles. The van der Waals surface area contributed by atoms with E-state index in [1.165, 1.54) is 0 Å². The molecule has 1 rings (SSSR count). The lowest BCUT2D eigenvalue weighted by atomic mass is 10.2. The second-order valence-corrected chi connectivity index (χ2v) is 5.70. The third-order valence-corrected chi connectivity index (χ3v) is 3.60. The van der Waals surface area contributed by atoms with E-state index in [2.05, 4.69) is 12.2 Å². The van der Waals surface area contributed by atoms with Gasteiger partial charge in [-0.1, -0.05) is 30.7 Å². The van der Waals surface area contributed by atoms with Gasteiger partial charge in [-0.25, -0.2) is 0 Å². The molecule has 0 aliphatic heterocycles. The third kappa shape index (κ3) is 5.56. The van der Waals surface area contributed by atoms with Crippen molar-refractivity contribution in [3.63, 3.8) is 0 Å². The standard InChI is InChI=1S/C16H25ClN2O2/c1-5-9-18-10-13-7-6-8-14(17)16(13)21-11-15(20)19(4)12(2)3/h6-8,12,18H,5,9-11H2,1-4H3. The van der Waals surface area contributed by atoms with E-state index >= 15 is 0 Å². The Labute approximate surface area is 132 Å². The molecule has 118 valence electrons. The van der Waals surface area contributed by atoms with E-state index in [4.69, 9.17) is 16.3 Å². The van der Waals surface area contributed by atoms with Gasteiger partial charge in [-0.15, -0.1) is 0 Å². The molecule has 0 atom stereocenters. The summed E-state index contributed by atoms with van der Waals surface area (Å²) in [6.45, 7) is 7.65. The molecule has 4 nitrogen and oxygen atoms in total. The summed E-state index contributed by atoms with van der Waals surface area (Å²) >= 11 is 6.19. The van der Waals surface area contributed by atoms with E-state index in [9.17, 15) is 4.79 Å². The molecule has 1 amide bonds. The van der Waals surface area contributed by atoms with Gasteiger partial charge in [-0.3, -0.25) is 4.79 Å². The molecule has 1 aromatic rings. The van der Waals surface area contributed by atoms with E-state index in [1.807, 2.05) is 26.0 Å². The first-order chi connectivity index (χ1) is 9.97. The van der Waals surface area contributed by atoms with Crippen molar-refractivity contribution in [3.8, 4) is 5.75 Å². The Morgan fingerprint density at radius 1 is 1.43 bits per heavy atom. The molecule has 0 unspecified atom stereocenters.